The fraction of sp³-hybridized carbons (Fsp3) is 0.900. The van der Waals surface area contributed by atoms with Crippen molar-refractivity contribution >= 4 is 17.5 Å². The van der Waals surface area contributed by atoms with Crippen molar-refractivity contribution in [3.05, 3.63) is 0 Å². The summed E-state index contributed by atoms with van der Waals surface area (Å²) in [5, 5.41) is 3.00. The molecular weight excluding hydrogens is 202 g/mol. The molecule has 2 fully saturated rings. The van der Waals surface area contributed by atoms with E-state index in [2.05, 4.69) is 5.32 Å². The Morgan fingerprint density at radius 2 is 2.21 bits per heavy atom. The van der Waals surface area contributed by atoms with Gasteiger partial charge in [0, 0.05) is 18.2 Å². The van der Waals surface area contributed by atoms with Crippen molar-refractivity contribution in [3.63, 3.8) is 0 Å². The van der Waals surface area contributed by atoms with Gasteiger partial charge in [0.1, 0.15) is 0 Å². The summed E-state index contributed by atoms with van der Waals surface area (Å²) >= 11 is 5.50. The van der Waals surface area contributed by atoms with Crippen LogP contribution in [0.2, 0.25) is 0 Å². The van der Waals surface area contributed by atoms with Crippen LogP contribution in [0.15, 0.2) is 0 Å². The summed E-state index contributed by atoms with van der Waals surface area (Å²) in [5.41, 5.74) is 0. The lowest BCUT2D eigenvalue weighted by atomic mass is 9.98. The monoisotopic (exact) mass is 217 g/mol. The predicted molar refractivity (Wildman–Crippen MR) is 54.3 cm³/mol. The number of hydrogen-bond donors (Lipinski definition) is 1. The van der Waals surface area contributed by atoms with Crippen LogP contribution < -0.4 is 5.32 Å². The van der Waals surface area contributed by atoms with Crippen LogP contribution in [0.4, 0.5) is 0 Å². The predicted octanol–water partition coefficient (Wildman–Crippen LogP) is 1.16. The molecule has 0 bridgehead atoms. The number of hydrogen-bond acceptors (Lipinski definition) is 2. The van der Waals surface area contributed by atoms with Crippen molar-refractivity contribution in [1.82, 2.24) is 5.32 Å². The summed E-state index contributed by atoms with van der Waals surface area (Å²) in [5.74, 6) is 1.79. The first-order chi connectivity index (χ1) is 6.81. The molecule has 2 atom stereocenters. The molecule has 2 unspecified atom stereocenters. The lowest BCUT2D eigenvalue weighted by Gasteiger charge is -2.18. The molecule has 0 aromatic heterocycles. The molecule has 14 heavy (non-hydrogen) atoms. The van der Waals surface area contributed by atoms with Crippen LogP contribution in [-0.2, 0) is 9.53 Å². The van der Waals surface area contributed by atoms with Gasteiger partial charge in [-0.05, 0) is 18.8 Å². The smallest absolute Gasteiger partial charge is 0.221 e. The van der Waals surface area contributed by atoms with E-state index >= 15 is 0 Å². The van der Waals surface area contributed by atoms with E-state index in [0.717, 1.165) is 12.5 Å². The van der Waals surface area contributed by atoms with Crippen LogP contribution >= 0.6 is 11.6 Å². The molecule has 0 aromatic rings. The number of amides is 1. The first kappa shape index (κ1) is 10.2. The van der Waals surface area contributed by atoms with Crippen LogP contribution in [0.3, 0.4) is 0 Å². The molecule has 1 aliphatic carbocycles. The van der Waals surface area contributed by atoms with Crippen molar-refractivity contribution in [1.29, 1.82) is 0 Å². The maximum atomic E-state index is 11.3. The molecule has 2 aliphatic rings. The first-order valence-corrected chi connectivity index (χ1v) is 5.78. The van der Waals surface area contributed by atoms with Gasteiger partial charge < -0.3 is 10.1 Å². The minimum Gasteiger partial charge on any atom is -0.379 e. The van der Waals surface area contributed by atoms with E-state index < -0.39 is 0 Å². The Morgan fingerprint density at radius 3 is 2.86 bits per heavy atom. The largest absolute Gasteiger partial charge is 0.379 e. The van der Waals surface area contributed by atoms with Crippen LogP contribution in [0.25, 0.3) is 0 Å². The Labute approximate surface area is 89.1 Å². The molecule has 3 nitrogen and oxygen atoms in total. The standard InChI is InChI=1S/C10H16ClNO2/c11-4-3-10(13)12-9-6-14-5-8(9)7-1-2-7/h7-9H,1-6H2,(H,12,13). The summed E-state index contributed by atoms with van der Waals surface area (Å²) in [6.45, 7) is 1.49. The molecule has 80 valence electrons. The topological polar surface area (TPSA) is 38.3 Å². The highest BCUT2D eigenvalue weighted by Crippen LogP contribution is 2.40. The minimum absolute atomic E-state index is 0.0566. The fourth-order valence-electron chi connectivity index (χ4n) is 2.07. The fourth-order valence-corrected chi connectivity index (χ4v) is 2.24. The van der Waals surface area contributed by atoms with Crippen molar-refractivity contribution in [2.24, 2.45) is 11.8 Å². The van der Waals surface area contributed by atoms with Crippen LogP contribution in [0.1, 0.15) is 19.3 Å². The van der Waals surface area contributed by atoms with E-state index in [1.165, 1.54) is 12.8 Å². The van der Waals surface area contributed by atoms with E-state index in [1.54, 1.807) is 0 Å². The second-order valence-corrected chi connectivity index (χ2v) is 4.53. The third-order valence-corrected chi connectivity index (χ3v) is 3.21. The van der Waals surface area contributed by atoms with Crippen molar-refractivity contribution in [2.75, 3.05) is 19.1 Å². The minimum atomic E-state index is 0.0566. The average molecular weight is 218 g/mol. The molecule has 1 aliphatic heterocycles. The van der Waals surface area contributed by atoms with Gasteiger partial charge in [0.2, 0.25) is 5.91 Å². The zero-order valence-corrected chi connectivity index (χ0v) is 8.93. The number of carbonyl (C=O) groups is 1. The Bertz CT molecular complexity index is 218. The molecule has 0 spiro atoms. The molecule has 1 saturated heterocycles. The maximum Gasteiger partial charge on any atom is 0.221 e. The molecule has 1 saturated carbocycles. The molecule has 1 heterocycles. The van der Waals surface area contributed by atoms with Gasteiger partial charge in [0.15, 0.2) is 0 Å². The average Bonchev–Trinajstić information content (AvgIpc) is 2.89. The zero-order valence-electron chi connectivity index (χ0n) is 8.17. The van der Waals surface area contributed by atoms with E-state index in [1.807, 2.05) is 0 Å². The Kier molecular flexibility index (Phi) is 3.29. The van der Waals surface area contributed by atoms with Crippen LogP contribution in [0.5, 0.6) is 0 Å². The maximum absolute atomic E-state index is 11.3. The molecule has 0 aromatic carbocycles. The molecule has 0 radical (unpaired) electrons. The van der Waals surface area contributed by atoms with Gasteiger partial charge in [-0.1, -0.05) is 0 Å². The normalized spacial score (nSPS) is 31.8. The van der Waals surface area contributed by atoms with Crippen LogP contribution in [-0.4, -0.2) is 31.0 Å². The Hall–Kier alpha value is -0.280. The number of rotatable bonds is 4. The molecule has 2 rings (SSSR count). The van der Waals surface area contributed by atoms with Crippen molar-refractivity contribution in [3.8, 4) is 0 Å². The van der Waals surface area contributed by atoms with E-state index in [9.17, 15) is 4.79 Å². The van der Waals surface area contributed by atoms with Gasteiger partial charge in [0.05, 0.1) is 19.3 Å². The van der Waals surface area contributed by atoms with Gasteiger partial charge in [0.25, 0.3) is 0 Å². The quantitative estimate of drug-likeness (QED) is 0.718. The molecular formula is C10H16ClNO2. The van der Waals surface area contributed by atoms with Gasteiger partial charge in [-0.2, -0.15) is 0 Å². The van der Waals surface area contributed by atoms with Crippen LogP contribution in [0, 0.1) is 11.8 Å². The lowest BCUT2D eigenvalue weighted by molar-refractivity contribution is -0.121. The molecule has 4 heteroatoms. The SMILES string of the molecule is O=C(CCCl)NC1COCC1C1CC1. The summed E-state index contributed by atoms with van der Waals surface area (Å²) in [7, 11) is 0. The van der Waals surface area contributed by atoms with Crippen molar-refractivity contribution < 1.29 is 9.53 Å². The summed E-state index contributed by atoms with van der Waals surface area (Å²) in [4.78, 5) is 11.3. The van der Waals surface area contributed by atoms with Gasteiger partial charge in [-0.25, -0.2) is 0 Å². The third kappa shape index (κ3) is 2.39. The second-order valence-electron chi connectivity index (χ2n) is 4.15. The van der Waals surface area contributed by atoms with E-state index in [4.69, 9.17) is 16.3 Å². The molecule has 1 N–H and O–H groups in total. The Morgan fingerprint density at radius 1 is 1.43 bits per heavy atom. The summed E-state index contributed by atoms with van der Waals surface area (Å²) in [6, 6.07) is 0.234. The van der Waals surface area contributed by atoms with Crippen molar-refractivity contribution in [2.45, 2.75) is 25.3 Å². The number of carbonyl (C=O) groups excluding carboxylic acids is 1. The molecule has 1 amide bonds. The van der Waals surface area contributed by atoms with Gasteiger partial charge in [-0.15, -0.1) is 11.6 Å². The summed E-state index contributed by atoms with van der Waals surface area (Å²) in [6.07, 6.45) is 3.02. The first-order valence-electron chi connectivity index (χ1n) is 5.24. The number of halogens is 1. The van der Waals surface area contributed by atoms with Gasteiger partial charge >= 0.3 is 0 Å². The van der Waals surface area contributed by atoms with Gasteiger partial charge in [-0.3, -0.25) is 4.79 Å². The Balaban J connectivity index is 1.80. The highest BCUT2D eigenvalue weighted by Gasteiger charge is 2.40. The summed E-state index contributed by atoms with van der Waals surface area (Å²) < 4.78 is 5.40. The third-order valence-electron chi connectivity index (χ3n) is 3.02. The highest BCUT2D eigenvalue weighted by atomic mass is 35.5. The number of nitrogens with one attached hydrogen (secondary N) is 1. The number of ether oxygens (including phenoxy) is 1. The zero-order chi connectivity index (χ0) is 9.97. The van der Waals surface area contributed by atoms with E-state index in [0.29, 0.717) is 24.8 Å². The second kappa shape index (κ2) is 4.49. The highest BCUT2D eigenvalue weighted by molar-refractivity contribution is 6.18. The lowest BCUT2D eigenvalue weighted by Crippen LogP contribution is -2.40. The van der Waals surface area contributed by atoms with E-state index in [-0.39, 0.29) is 11.9 Å². The number of alkyl halides is 1.